The Bertz CT molecular complexity index is 1390. The summed E-state index contributed by atoms with van der Waals surface area (Å²) in [6, 6.07) is 27.2. The number of amides is 2. The van der Waals surface area contributed by atoms with Gasteiger partial charge in [0.15, 0.2) is 0 Å². The van der Waals surface area contributed by atoms with Crippen LogP contribution in [-0.2, 0) is 0 Å². The third kappa shape index (κ3) is 3.22. The molecule has 0 saturated carbocycles. The number of hydrogen-bond acceptors (Lipinski definition) is 6. The van der Waals surface area contributed by atoms with Gasteiger partial charge in [0.25, 0.3) is 0 Å². The van der Waals surface area contributed by atoms with Crippen LogP contribution >= 0.6 is 23.5 Å². The minimum Gasteiger partial charge on any atom is -0.366 e. The van der Waals surface area contributed by atoms with E-state index in [0.717, 1.165) is 42.3 Å². The normalized spacial score (nSPS) is 13.4. The van der Waals surface area contributed by atoms with Crippen molar-refractivity contribution < 1.29 is 9.59 Å². The summed E-state index contributed by atoms with van der Waals surface area (Å²) in [5.74, 6) is -0.977. The molecule has 6 nitrogen and oxygen atoms in total. The third-order valence-electron chi connectivity index (χ3n) is 5.77. The molecule has 0 aliphatic carbocycles. The molecule has 166 valence electrons. The first-order valence-corrected chi connectivity index (χ1v) is 12.2. The first-order chi connectivity index (χ1) is 16.5. The lowest BCUT2D eigenvalue weighted by molar-refractivity contribution is 0.0992. The summed E-state index contributed by atoms with van der Waals surface area (Å²) in [7, 11) is 0. The van der Waals surface area contributed by atoms with Gasteiger partial charge in [0.2, 0.25) is 11.8 Å². The van der Waals surface area contributed by atoms with Gasteiger partial charge in [-0.1, -0.05) is 47.8 Å². The number of nitrogens with two attached hydrogens (primary N) is 2. The number of carbonyl (C=O) groups is 2. The van der Waals surface area contributed by atoms with Crippen molar-refractivity contribution in [3.63, 3.8) is 0 Å². The topological polar surface area (TPSA) is 92.7 Å². The lowest BCUT2D eigenvalue weighted by Gasteiger charge is -2.44. The second-order valence-corrected chi connectivity index (χ2v) is 10.0. The zero-order valence-electron chi connectivity index (χ0n) is 17.8. The van der Waals surface area contributed by atoms with Crippen molar-refractivity contribution in [2.45, 2.75) is 19.6 Å². The molecule has 0 radical (unpaired) electrons. The summed E-state index contributed by atoms with van der Waals surface area (Å²) in [6.45, 7) is 0. The molecule has 2 aliphatic heterocycles. The van der Waals surface area contributed by atoms with Crippen molar-refractivity contribution in [1.82, 2.24) is 0 Å². The highest BCUT2D eigenvalue weighted by Crippen LogP contribution is 2.55. The minimum atomic E-state index is -0.488. The highest BCUT2D eigenvalue weighted by molar-refractivity contribution is 8.00. The summed E-state index contributed by atoms with van der Waals surface area (Å²) in [5.41, 5.74) is 15.7. The number of carbonyl (C=O) groups excluding carboxylic acids is 2. The SMILES string of the molecule is NC(=O)c1ccc2c(c1)N(N1c3ccccc3Sc3ccc(C(N)=O)cc31)c1ccccc1S2. The monoisotopic (exact) mass is 482 g/mol. The molecule has 0 atom stereocenters. The molecular formula is C26H18N4O2S2. The van der Waals surface area contributed by atoms with Crippen LogP contribution in [0.15, 0.2) is 105 Å². The number of anilines is 4. The fourth-order valence-electron chi connectivity index (χ4n) is 4.21. The molecule has 6 rings (SSSR count). The maximum atomic E-state index is 12.1. The fraction of sp³-hybridized carbons (Fsp3) is 0. The summed E-state index contributed by atoms with van der Waals surface area (Å²) in [5, 5.41) is 4.19. The number of para-hydroxylation sites is 2. The van der Waals surface area contributed by atoms with Crippen LogP contribution in [0.1, 0.15) is 20.7 Å². The van der Waals surface area contributed by atoms with E-state index in [0.29, 0.717) is 11.1 Å². The van der Waals surface area contributed by atoms with Crippen LogP contribution in [0.25, 0.3) is 0 Å². The predicted octanol–water partition coefficient (Wildman–Crippen LogP) is 5.71. The van der Waals surface area contributed by atoms with Gasteiger partial charge in [0.05, 0.1) is 22.7 Å². The molecular weight excluding hydrogens is 464 g/mol. The summed E-state index contributed by atoms with van der Waals surface area (Å²) >= 11 is 3.28. The Morgan fingerprint density at radius 3 is 1.32 bits per heavy atom. The van der Waals surface area contributed by atoms with E-state index >= 15 is 0 Å². The molecule has 0 aromatic heterocycles. The maximum absolute atomic E-state index is 12.1. The Kier molecular flexibility index (Phi) is 4.79. The van der Waals surface area contributed by atoms with Gasteiger partial charge < -0.3 is 11.5 Å². The molecule has 4 aromatic rings. The molecule has 0 unspecified atom stereocenters. The van der Waals surface area contributed by atoms with Crippen LogP contribution in [0.3, 0.4) is 0 Å². The molecule has 0 fully saturated rings. The molecule has 34 heavy (non-hydrogen) atoms. The van der Waals surface area contributed by atoms with E-state index in [4.69, 9.17) is 11.5 Å². The Morgan fingerprint density at radius 2 is 0.912 bits per heavy atom. The van der Waals surface area contributed by atoms with Gasteiger partial charge in [-0.2, -0.15) is 0 Å². The van der Waals surface area contributed by atoms with E-state index in [9.17, 15) is 9.59 Å². The molecule has 4 N–H and O–H groups in total. The Labute approximate surface area is 204 Å². The molecule has 0 saturated heterocycles. The van der Waals surface area contributed by atoms with Gasteiger partial charge in [-0.15, -0.1) is 0 Å². The lowest BCUT2D eigenvalue weighted by Crippen LogP contribution is -2.39. The van der Waals surface area contributed by atoms with Gasteiger partial charge in [-0.25, -0.2) is 10.0 Å². The van der Waals surface area contributed by atoms with Crippen molar-refractivity contribution in [3.8, 4) is 0 Å². The van der Waals surface area contributed by atoms with E-state index in [1.165, 1.54) is 0 Å². The maximum Gasteiger partial charge on any atom is 0.248 e. The summed E-state index contributed by atoms with van der Waals surface area (Å²) in [6.07, 6.45) is 0. The standard InChI is InChI=1S/C26H18N4O2S2/c27-25(31)15-9-11-23-19(13-15)29(17-5-1-3-7-21(17)33-23)30-18-6-2-4-8-22(18)34-24-12-10-16(26(28)32)14-20(24)30/h1-14H,(H2,27,31)(H2,28,32). The Balaban J connectivity index is 1.66. The number of fused-ring (bicyclic) bond motifs is 4. The number of rotatable bonds is 3. The van der Waals surface area contributed by atoms with Gasteiger partial charge in [-0.05, 0) is 60.7 Å². The van der Waals surface area contributed by atoms with Crippen LogP contribution < -0.4 is 21.5 Å². The van der Waals surface area contributed by atoms with E-state index in [2.05, 4.69) is 22.2 Å². The Hall–Kier alpha value is -3.88. The van der Waals surface area contributed by atoms with Gasteiger partial charge in [0, 0.05) is 30.7 Å². The number of nitrogens with zero attached hydrogens (tertiary/aromatic N) is 2. The van der Waals surface area contributed by atoms with Crippen molar-refractivity contribution in [3.05, 3.63) is 96.1 Å². The molecule has 2 amide bonds. The highest BCUT2D eigenvalue weighted by Gasteiger charge is 2.34. The molecule has 2 aliphatic rings. The molecule has 4 aromatic carbocycles. The summed E-state index contributed by atoms with van der Waals surface area (Å²) < 4.78 is 0. The first-order valence-electron chi connectivity index (χ1n) is 10.5. The molecule has 8 heteroatoms. The number of hydrogen-bond donors (Lipinski definition) is 2. The van der Waals surface area contributed by atoms with E-state index < -0.39 is 11.8 Å². The second kappa shape index (κ2) is 7.86. The van der Waals surface area contributed by atoms with Crippen LogP contribution in [0, 0.1) is 0 Å². The van der Waals surface area contributed by atoms with E-state index in [1.807, 2.05) is 60.7 Å². The molecule has 2 heterocycles. The smallest absolute Gasteiger partial charge is 0.248 e. The zero-order chi connectivity index (χ0) is 23.4. The largest absolute Gasteiger partial charge is 0.366 e. The van der Waals surface area contributed by atoms with Crippen molar-refractivity contribution >= 4 is 58.1 Å². The number of benzene rings is 4. The average Bonchev–Trinajstić information content (AvgIpc) is 2.85. The third-order valence-corrected chi connectivity index (χ3v) is 8.03. The highest BCUT2D eigenvalue weighted by atomic mass is 32.2. The van der Waals surface area contributed by atoms with Crippen LogP contribution in [0.2, 0.25) is 0 Å². The van der Waals surface area contributed by atoms with Crippen LogP contribution in [0.5, 0.6) is 0 Å². The number of hydrazine groups is 1. The average molecular weight is 483 g/mol. The first kappa shape index (κ1) is 20.7. The van der Waals surface area contributed by atoms with Crippen molar-refractivity contribution in [2.75, 3.05) is 10.0 Å². The molecule has 0 spiro atoms. The quantitative estimate of drug-likeness (QED) is 0.389. The van der Waals surface area contributed by atoms with Gasteiger partial charge >= 0.3 is 0 Å². The lowest BCUT2D eigenvalue weighted by atomic mass is 10.1. The number of primary amides is 2. The Morgan fingerprint density at radius 1 is 0.529 bits per heavy atom. The van der Waals surface area contributed by atoms with Crippen molar-refractivity contribution in [1.29, 1.82) is 0 Å². The van der Waals surface area contributed by atoms with Gasteiger partial charge in [-0.3, -0.25) is 9.59 Å². The zero-order valence-corrected chi connectivity index (χ0v) is 19.4. The van der Waals surface area contributed by atoms with E-state index in [-0.39, 0.29) is 0 Å². The second-order valence-electron chi connectivity index (χ2n) is 7.86. The summed E-state index contributed by atoms with van der Waals surface area (Å²) in [4.78, 5) is 28.3. The predicted molar refractivity (Wildman–Crippen MR) is 135 cm³/mol. The van der Waals surface area contributed by atoms with Gasteiger partial charge in [0.1, 0.15) is 0 Å². The molecule has 0 bridgehead atoms. The van der Waals surface area contributed by atoms with Crippen molar-refractivity contribution in [2.24, 2.45) is 11.5 Å². The van der Waals surface area contributed by atoms with E-state index in [1.54, 1.807) is 35.7 Å². The minimum absolute atomic E-state index is 0.425. The van der Waals surface area contributed by atoms with Crippen LogP contribution in [0.4, 0.5) is 22.7 Å². The fourth-order valence-corrected chi connectivity index (χ4v) is 6.27. The van der Waals surface area contributed by atoms with Crippen LogP contribution in [-0.4, -0.2) is 11.8 Å².